The summed E-state index contributed by atoms with van der Waals surface area (Å²) in [4.78, 5) is 23.0. The molecule has 230 valence electrons. The van der Waals surface area contributed by atoms with E-state index in [9.17, 15) is 30.0 Å². The largest absolute Gasteiger partial charge is 0.508 e. The number of benzene rings is 4. The van der Waals surface area contributed by atoms with E-state index in [1.54, 1.807) is 61.7 Å². The number of ether oxygens (including phenoxy) is 4. The Morgan fingerprint density at radius 1 is 0.659 bits per heavy atom. The van der Waals surface area contributed by atoms with Gasteiger partial charge in [0, 0.05) is 0 Å². The van der Waals surface area contributed by atoms with Crippen LogP contribution in [0.5, 0.6) is 34.5 Å². The fourth-order valence-corrected chi connectivity index (χ4v) is 4.32. The van der Waals surface area contributed by atoms with Gasteiger partial charge >= 0.3 is 11.9 Å². The first-order chi connectivity index (χ1) is 21.1. The quantitative estimate of drug-likeness (QED) is 0.121. The van der Waals surface area contributed by atoms with E-state index >= 15 is 0 Å². The maximum Gasteiger partial charge on any atom is 0.336 e. The first kappa shape index (κ1) is 32.9. The van der Waals surface area contributed by atoms with Crippen molar-refractivity contribution in [1.82, 2.24) is 0 Å². The van der Waals surface area contributed by atoms with Crippen molar-refractivity contribution in [2.75, 3.05) is 28.4 Å². The second-order valence-electron chi connectivity index (χ2n) is 9.40. The van der Waals surface area contributed by atoms with Gasteiger partial charge in [-0.1, -0.05) is 36.4 Å². The maximum absolute atomic E-state index is 11.5. The third-order valence-electron chi connectivity index (χ3n) is 6.61. The Morgan fingerprint density at radius 3 is 1.66 bits per heavy atom. The standard InChI is InChI=1S/C17H18O5.C17H16O5/c2*1-21-15-8-3-11(10-16(15)22-2)9-14(17(19)20)12-4-6-13(18)7-5-12/h3-8,10,14,18H,9H2,1-2H3,(H,19,20);3-10,18H,1-2H3,(H,19,20). The lowest BCUT2D eigenvalue weighted by Crippen LogP contribution is -2.14. The average molecular weight is 603 g/mol. The second-order valence-corrected chi connectivity index (χ2v) is 9.40. The van der Waals surface area contributed by atoms with E-state index in [1.807, 2.05) is 6.07 Å². The average Bonchev–Trinajstić information content (AvgIpc) is 3.03. The lowest BCUT2D eigenvalue weighted by atomic mass is 9.92. The Kier molecular flexibility index (Phi) is 11.6. The van der Waals surface area contributed by atoms with Gasteiger partial charge in [-0.25, -0.2) is 4.79 Å². The molecule has 10 nitrogen and oxygen atoms in total. The van der Waals surface area contributed by atoms with Crippen LogP contribution in [-0.4, -0.2) is 60.8 Å². The molecule has 0 aromatic heterocycles. The van der Waals surface area contributed by atoms with Gasteiger partial charge in [-0.15, -0.1) is 0 Å². The van der Waals surface area contributed by atoms with E-state index in [1.165, 1.54) is 51.7 Å². The van der Waals surface area contributed by atoms with Gasteiger partial charge in [0.2, 0.25) is 0 Å². The summed E-state index contributed by atoms with van der Waals surface area (Å²) < 4.78 is 20.8. The molecule has 1 atom stereocenters. The molecule has 1 unspecified atom stereocenters. The summed E-state index contributed by atoms with van der Waals surface area (Å²) in [6, 6.07) is 22.7. The van der Waals surface area contributed by atoms with Gasteiger partial charge in [-0.05, 0) is 83.3 Å². The van der Waals surface area contributed by atoms with Gasteiger partial charge in [0.1, 0.15) is 11.5 Å². The number of rotatable bonds is 11. The van der Waals surface area contributed by atoms with Crippen molar-refractivity contribution in [3.8, 4) is 34.5 Å². The summed E-state index contributed by atoms with van der Waals surface area (Å²) in [6.07, 6.45) is 1.86. The fourth-order valence-electron chi connectivity index (χ4n) is 4.32. The molecule has 0 aliphatic rings. The van der Waals surface area contributed by atoms with Crippen molar-refractivity contribution >= 4 is 23.6 Å². The normalized spacial score (nSPS) is 11.4. The molecule has 4 aromatic carbocycles. The van der Waals surface area contributed by atoms with Crippen LogP contribution in [0.25, 0.3) is 11.6 Å². The SMILES string of the molecule is COc1ccc(C=C(C(=O)O)c2ccc(O)cc2)cc1OC.COc1ccc(CC(C(=O)O)c2ccc(O)cc2)cc1OC. The number of carboxylic acid groups (broad SMARTS) is 2. The highest BCUT2D eigenvalue weighted by Gasteiger charge is 2.21. The molecule has 0 aliphatic heterocycles. The van der Waals surface area contributed by atoms with Crippen molar-refractivity contribution in [3.05, 3.63) is 107 Å². The van der Waals surface area contributed by atoms with Crippen LogP contribution in [0.4, 0.5) is 0 Å². The second kappa shape index (κ2) is 15.5. The van der Waals surface area contributed by atoms with E-state index in [0.29, 0.717) is 46.1 Å². The zero-order valence-corrected chi connectivity index (χ0v) is 24.7. The number of phenols is 2. The zero-order chi connectivity index (χ0) is 32.2. The molecule has 4 rings (SSSR count). The predicted molar refractivity (Wildman–Crippen MR) is 165 cm³/mol. The molecular weight excluding hydrogens is 568 g/mol. The van der Waals surface area contributed by atoms with Crippen molar-refractivity contribution in [1.29, 1.82) is 0 Å². The zero-order valence-electron chi connectivity index (χ0n) is 24.7. The van der Waals surface area contributed by atoms with Crippen LogP contribution in [0, 0.1) is 0 Å². The summed E-state index contributed by atoms with van der Waals surface area (Å²) in [5.74, 6) is -0.219. The maximum atomic E-state index is 11.5. The summed E-state index contributed by atoms with van der Waals surface area (Å²) >= 11 is 0. The van der Waals surface area contributed by atoms with Crippen LogP contribution >= 0.6 is 0 Å². The van der Waals surface area contributed by atoms with Gasteiger partial charge < -0.3 is 39.4 Å². The minimum atomic E-state index is -1.06. The predicted octanol–water partition coefficient (Wildman–Crippen LogP) is 5.85. The third-order valence-corrected chi connectivity index (χ3v) is 6.61. The summed E-state index contributed by atoms with van der Waals surface area (Å²) in [6.45, 7) is 0. The minimum Gasteiger partial charge on any atom is -0.508 e. The smallest absolute Gasteiger partial charge is 0.336 e. The molecule has 10 heteroatoms. The van der Waals surface area contributed by atoms with Crippen molar-refractivity contribution in [3.63, 3.8) is 0 Å². The number of aliphatic carboxylic acids is 2. The number of methoxy groups -OCH3 is 4. The van der Waals surface area contributed by atoms with Gasteiger partial charge in [-0.3, -0.25) is 4.79 Å². The Hall–Kier alpha value is -5.64. The number of aromatic hydroxyl groups is 2. The van der Waals surface area contributed by atoms with Gasteiger partial charge in [0.05, 0.1) is 39.9 Å². The van der Waals surface area contributed by atoms with Crippen LogP contribution < -0.4 is 18.9 Å². The highest BCUT2D eigenvalue weighted by Crippen LogP contribution is 2.31. The van der Waals surface area contributed by atoms with E-state index in [2.05, 4.69) is 0 Å². The first-order valence-corrected chi connectivity index (χ1v) is 13.3. The summed E-state index contributed by atoms with van der Waals surface area (Å²) in [5, 5.41) is 37.5. The molecule has 0 bridgehead atoms. The third kappa shape index (κ3) is 8.68. The van der Waals surface area contributed by atoms with Crippen LogP contribution in [0.2, 0.25) is 0 Å². The van der Waals surface area contributed by atoms with Crippen molar-refractivity contribution in [2.45, 2.75) is 12.3 Å². The van der Waals surface area contributed by atoms with E-state index in [4.69, 9.17) is 18.9 Å². The Morgan fingerprint density at radius 2 is 1.16 bits per heavy atom. The van der Waals surface area contributed by atoms with Crippen LogP contribution in [0.3, 0.4) is 0 Å². The molecule has 44 heavy (non-hydrogen) atoms. The summed E-state index contributed by atoms with van der Waals surface area (Å²) in [5.41, 5.74) is 2.76. The van der Waals surface area contributed by atoms with Gasteiger partial charge in [0.15, 0.2) is 23.0 Å². The Bertz CT molecular complexity index is 1590. The molecular formula is C34H34O10. The lowest BCUT2D eigenvalue weighted by molar-refractivity contribution is -0.138. The van der Waals surface area contributed by atoms with E-state index in [0.717, 1.165) is 5.56 Å². The molecule has 0 radical (unpaired) electrons. The highest BCUT2D eigenvalue weighted by molar-refractivity contribution is 6.20. The van der Waals surface area contributed by atoms with E-state index < -0.39 is 17.9 Å². The Balaban J connectivity index is 0.000000240. The number of hydrogen-bond donors (Lipinski definition) is 4. The molecule has 0 spiro atoms. The topological polar surface area (TPSA) is 152 Å². The van der Waals surface area contributed by atoms with Crippen LogP contribution in [0.15, 0.2) is 84.9 Å². The molecule has 0 saturated carbocycles. The van der Waals surface area contributed by atoms with Crippen LogP contribution in [-0.2, 0) is 16.0 Å². The molecule has 4 N–H and O–H groups in total. The van der Waals surface area contributed by atoms with E-state index in [-0.39, 0.29) is 17.1 Å². The van der Waals surface area contributed by atoms with Crippen molar-refractivity contribution in [2.24, 2.45) is 0 Å². The first-order valence-electron chi connectivity index (χ1n) is 13.3. The Labute approximate surface area is 255 Å². The minimum absolute atomic E-state index is 0.0830. The summed E-state index contributed by atoms with van der Waals surface area (Å²) in [7, 11) is 6.14. The number of carboxylic acids is 2. The molecule has 4 aromatic rings. The lowest BCUT2D eigenvalue weighted by Gasteiger charge is -2.15. The fraction of sp³-hybridized carbons (Fsp3) is 0.176. The number of carbonyl (C=O) groups is 2. The molecule has 0 aliphatic carbocycles. The monoisotopic (exact) mass is 602 g/mol. The molecule has 0 fully saturated rings. The van der Waals surface area contributed by atoms with Gasteiger partial charge in [-0.2, -0.15) is 0 Å². The van der Waals surface area contributed by atoms with Crippen LogP contribution in [0.1, 0.15) is 28.2 Å². The molecule has 0 heterocycles. The van der Waals surface area contributed by atoms with Crippen molar-refractivity contribution < 1.29 is 49.0 Å². The molecule has 0 saturated heterocycles. The highest BCUT2D eigenvalue weighted by atomic mass is 16.5. The molecule has 0 amide bonds. The number of phenolic OH excluding ortho intramolecular Hbond substituents is 2. The number of hydrogen-bond acceptors (Lipinski definition) is 8. The van der Waals surface area contributed by atoms with Gasteiger partial charge in [0.25, 0.3) is 0 Å².